The fourth-order valence-corrected chi connectivity index (χ4v) is 2.21. The van der Waals surface area contributed by atoms with Gasteiger partial charge in [0.2, 0.25) is 0 Å². The minimum Gasteiger partial charge on any atom is -0.481 e. The minimum absolute atomic E-state index is 0.147. The van der Waals surface area contributed by atoms with Crippen molar-refractivity contribution in [2.75, 3.05) is 0 Å². The van der Waals surface area contributed by atoms with Gasteiger partial charge in [0.05, 0.1) is 12.0 Å². The SMILES string of the molecule is CC(C)(C)[C@@H]1CC[C@@H](O)[C@H](C(=O)O)C1. The van der Waals surface area contributed by atoms with Gasteiger partial charge in [-0.25, -0.2) is 0 Å². The summed E-state index contributed by atoms with van der Waals surface area (Å²) in [6.07, 6.45) is 1.53. The summed E-state index contributed by atoms with van der Waals surface area (Å²) in [5, 5.41) is 18.5. The lowest BCUT2D eigenvalue weighted by Gasteiger charge is -2.38. The summed E-state index contributed by atoms with van der Waals surface area (Å²) >= 11 is 0. The highest BCUT2D eigenvalue weighted by molar-refractivity contribution is 5.70. The van der Waals surface area contributed by atoms with E-state index >= 15 is 0 Å². The molecular weight excluding hydrogens is 180 g/mol. The monoisotopic (exact) mass is 200 g/mol. The van der Waals surface area contributed by atoms with Crippen LogP contribution in [0.3, 0.4) is 0 Å². The molecule has 3 atom stereocenters. The first-order valence-corrected chi connectivity index (χ1v) is 5.23. The number of aliphatic carboxylic acids is 1. The Bertz CT molecular complexity index is 217. The summed E-state index contributed by atoms with van der Waals surface area (Å²) in [6.45, 7) is 6.40. The van der Waals surface area contributed by atoms with E-state index in [1.807, 2.05) is 0 Å². The number of aliphatic hydroxyl groups excluding tert-OH is 1. The van der Waals surface area contributed by atoms with E-state index in [9.17, 15) is 9.90 Å². The number of aliphatic hydroxyl groups is 1. The molecular formula is C11H20O3. The Hall–Kier alpha value is -0.570. The molecule has 1 aliphatic rings. The smallest absolute Gasteiger partial charge is 0.309 e. The third-order valence-electron chi connectivity index (χ3n) is 3.36. The van der Waals surface area contributed by atoms with Crippen molar-refractivity contribution in [3.63, 3.8) is 0 Å². The van der Waals surface area contributed by atoms with Crippen LogP contribution < -0.4 is 0 Å². The number of hydrogen-bond donors (Lipinski definition) is 2. The molecule has 0 aliphatic heterocycles. The van der Waals surface area contributed by atoms with Crippen LogP contribution in [0.15, 0.2) is 0 Å². The molecule has 1 saturated carbocycles. The van der Waals surface area contributed by atoms with Crippen LogP contribution in [0.25, 0.3) is 0 Å². The molecule has 2 N–H and O–H groups in total. The maximum atomic E-state index is 10.9. The predicted molar refractivity (Wildman–Crippen MR) is 53.9 cm³/mol. The number of hydrogen-bond acceptors (Lipinski definition) is 2. The lowest BCUT2D eigenvalue weighted by molar-refractivity contribution is -0.149. The van der Waals surface area contributed by atoms with Crippen molar-refractivity contribution in [3.8, 4) is 0 Å². The van der Waals surface area contributed by atoms with Crippen LogP contribution in [0.1, 0.15) is 40.0 Å². The van der Waals surface area contributed by atoms with Crippen LogP contribution in [0.5, 0.6) is 0 Å². The molecule has 0 aromatic rings. The van der Waals surface area contributed by atoms with E-state index in [4.69, 9.17) is 5.11 Å². The summed E-state index contributed by atoms with van der Waals surface area (Å²) in [4.78, 5) is 10.9. The van der Waals surface area contributed by atoms with Crippen LogP contribution in [0.2, 0.25) is 0 Å². The van der Waals surface area contributed by atoms with E-state index in [0.29, 0.717) is 18.8 Å². The Morgan fingerprint density at radius 2 is 1.86 bits per heavy atom. The number of carboxylic acids is 1. The molecule has 1 fully saturated rings. The molecule has 0 aromatic carbocycles. The first-order chi connectivity index (χ1) is 6.32. The fraction of sp³-hybridized carbons (Fsp3) is 0.909. The zero-order valence-electron chi connectivity index (χ0n) is 9.16. The third kappa shape index (κ3) is 2.47. The maximum absolute atomic E-state index is 10.9. The summed E-state index contributed by atoms with van der Waals surface area (Å²) in [5.41, 5.74) is 0.147. The van der Waals surface area contributed by atoms with E-state index in [-0.39, 0.29) is 5.41 Å². The molecule has 0 amide bonds. The van der Waals surface area contributed by atoms with Crippen molar-refractivity contribution >= 4 is 5.97 Å². The van der Waals surface area contributed by atoms with E-state index in [1.165, 1.54) is 0 Å². The number of carboxylic acid groups (broad SMARTS) is 1. The quantitative estimate of drug-likeness (QED) is 0.679. The molecule has 0 unspecified atom stereocenters. The highest BCUT2D eigenvalue weighted by Gasteiger charge is 2.38. The second-order valence-corrected chi connectivity index (χ2v) is 5.39. The molecule has 0 saturated heterocycles. The average Bonchev–Trinajstić information content (AvgIpc) is 2.02. The van der Waals surface area contributed by atoms with Gasteiger partial charge in [-0.05, 0) is 30.6 Å². The number of rotatable bonds is 1. The Morgan fingerprint density at radius 1 is 1.29 bits per heavy atom. The van der Waals surface area contributed by atoms with Gasteiger partial charge in [0.1, 0.15) is 0 Å². The van der Waals surface area contributed by atoms with Crippen molar-refractivity contribution in [3.05, 3.63) is 0 Å². The molecule has 3 nitrogen and oxygen atoms in total. The van der Waals surface area contributed by atoms with Crippen molar-refractivity contribution < 1.29 is 15.0 Å². The zero-order chi connectivity index (χ0) is 10.9. The Balaban J connectivity index is 2.67. The predicted octanol–water partition coefficient (Wildman–Crippen LogP) is 1.89. The molecule has 0 aromatic heterocycles. The second kappa shape index (κ2) is 3.89. The minimum atomic E-state index is -0.855. The van der Waals surface area contributed by atoms with Gasteiger partial charge in [-0.15, -0.1) is 0 Å². The summed E-state index contributed by atoms with van der Waals surface area (Å²) in [6, 6.07) is 0. The largest absolute Gasteiger partial charge is 0.481 e. The number of carbonyl (C=O) groups is 1. The van der Waals surface area contributed by atoms with Crippen molar-refractivity contribution in [1.82, 2.24) is 0 Å². The van der Waals surface area contributed by atoms with E-state index in [2.05, 4.69) is 20.8 Å². The van der Waals surface area contributed by atoms with Crippen LogP contribution in [-0.2, 0) is 4.79 Å². The van der Waals surface area contributed by atoms with Crippen LogP contribution in [0.4, 0.5) is 0 Å². The van der Waals surface area contributed by atoms with E-state index in [0.717, 1.165) is 6.42 Å². The van der Waals surface area contributed by atoms with Crippen LogP contribution >= 0.6 is 0 Å². The zero-order valence-corrected chi connectivity index (χ0v) is 9.16. The molecule has 0 heterocycles. The molecule has 0 spiro atoms. The van der Waals surface area contributed by atoms with Crippen molar-refractivity contribution in [2.24, 2.45) is 17.3 Å². The molecule has 0 radical (unpaired) electrons. The Labute approximate surface area is 85.1 Å². The molecule has 1 aliphatic carbocycles. The average molecular weight is 200 g/mol. The lowest BCUT2D eigenvalue weighted by Crippen LogP contribution is -2.38. The highest BCUT2D eigenvalue weighted by Crippen LogP contribution is 2.40. The standard InChI is InChI=1S/C11H20O3/c1-11(2,3)7-4-5-9(12)8(6-7)10(13)14/h7-9,12H,4-6H2,1-3H3,(H,13,14)/t7-,8-,9-/m1/s1. The van der Waals surface area contributed by atoms with Crippen LogP contribution in [0, 0.1) is 17.3 Å². The van der Waals surface area contributed by atoms with Gasteiger partial charge in [0.25, 0.3) is 0 Å². The van der Waals surface area contributed by atoms with E-state index < -0.39 is 18.0 Å². The molecule has 0 bridgehead atoms. The summed E-state index contributed by atoms with van der Waals surface area (Å²) < 4.78 is 0. The van der Waals surface area contributed by atoms with Gasteiger partial charge in [0.15, 0.2) is 0 Å². The lowest BCUT2D eigenvalue weighted by atomic mass is 9.68. The first kappa shape index (κ1) is 11.5. The molecule has 3 heteroatoms. The van der Waals surface area contributed by atoms with Gasteiger partial charge >= 0.3 is 5.97 Å². The molecule has 1 rings (SSSR count). The van der Waals surface area contributed by atoms with Crippen LogP contribution in [-0.4, -0.2) is 22.3 Å². The third-order valence-corrected chi connectivity index (χ3v) is 3.36. The topological polar surface area (TPSA) is 57.5 Å². The van der Waals surface area contributed by atoms with Gasteiger partial charge in [-0.3, -0.25) is 4.79 Å². The Morgan fingerprint density at radius 3 is 2.29 bits per heavy atom. The second-order valence-electron chi connectivity index (χ2n) is 5.39. The molecule has 82 valence electrons. The van der Waals surface area contributed by atoms with E-state index in [1.54, 1.807) is 0 Å². The summed E-state index contributed by atoms with van der Waals surface area (Å²) in [7, 11) is 0. The normalized spacial score (nSPS) is 34.1. The Kier molecular flexibility index (Phi) is 3.20. The maximum Gasteiger partial charge on any atom is 0.309 e. The van der Waals surface area contributed by atoms with Gasteiger partial charge in [0, 0.05) is 0 Å². The van der Waals surface area contributed by atoms with Crippen molar-refractivity contribution in [1.29, 1.82) is 0 Å². The van der Waals surface area contributed by atoms with Gasteiger partial charge in [-0.1, -0.05) is 20.8 Å². The van der Waals surface area contributed by atoms with Gasteiger partial charge in [-0.2, -0.15) is 0 Å². The summed E-state index contributed by atoms with van der Waals surface area (Å²) in [5.74, 6) is -1.01. The molecule has 14 heavy (non-hydrogen) atoms. The highest BCUT2D eigenvalue weighted by atomic mass is 16.4. The fourth-order valence-electron chi connectivity index (χ4n) is 2.21. The van der Waals surface area contributed by atoms with Crippen molar-refractivity contribution in [2.45, 2.75) is 46.1 Å². The van der Waals surface area contributed by atoms with Gasteiger partial charge < -0.3 is 10.2 Å². The first-order valence-electron chi connectivity index (χ1n) is 5.23.